The first-order valence-electron chi connectivity index (χ1n) is 9.47. The van der Waals surface area contributed by atoms with Crippen LogP contribution >= 0.6 is 0 Å². The lowest BCUT2D eigenvalue weighted by Crippen LogP contribution is -2.29. The third-order valence-corrected chi connectivity index (χ3v) is 4.31. The summed E-state index contributed by atoms with van der Waals surface area (Å²) in [7, 11) is 1.25. The molecule has 2 rings (SSSR count). The zero-order chi connectivity index (χ0) is 23.0. The average Bonchev–Trinajstić information content (AvgIpc) is 2.76. The maximum absolute atomic E-state index is 12.9. The fourth-order valence-electron chi connectivity index (χ4n) is 2.79. The lowest BCUT2D eigenvalue weighted by Gasteiger charge is -2.14. The average molecular weight is 426 g/mol. The van der Waals surface area contributed by atoms with E-state index >= 15 is 0 Å². The first-order chi connectivity index (χ1) is 14.8. The quantitative estimate of drug-likeness (QED) is 0.260. The molecule has 0 heterocycles. The Bertz CT molecular complexity index is 974. The van der Waals surface area contributed by atoms with Gasteiger partial charge in [-0.2, -0.15) is 0 Å². The number of carbonyl (C=O) groups excluding carboxylic acids is 5. The summed E-state index contributed by atoms with van der Waals surface area (Å²) in [6.07, 6.45) is -0.402. The van der Waals surface area contributed by atoms with Crippen molar-refractivity contribution in [3.8, 4) is 5.75 Å². The fourth-order valence-corrected chi connectivity index (χ4v) is 2.79. The third kappa shape index (κ3) is 6.33. The molecule has 0 aliphatic heterocycles. The van der Waals surface area contributed by atoms with Crippen LogP contribution in [0.5, 0.6) is 5.75 Å². The normalized spacial score (nSPS) is 11.2. The summed E-state index contributed by atoms with van der Waals surface area (Å²) < 4.78 is 14.5. The van der Waals surface area contributed by atoms with Crippen LogP contribution in [0.2, 0.25) is 0 Å². The van der Waals surface area contributed by atoms with E-state index in [1.165, 1.54) is 62.6 Å². The minimum absolute atomic E-state index is 0.0516. The van der Waals surface area contributed by atoms with Gasteiger partial charge in [-0.15, -0.1) is 0 Å². The van der Waals surface area contributed by atoms with Crippen molar-refractivity contribution in [2.75, 3.05) is 13.7 Å². The molecule has 31 heavy (non-hydrogen) atoms. The number of methoxy groups -OCH3 is 1. The van der Waals surface area contributed by atoms with Crippen LogP contribution in [0, 0.1) is 5.92 Å². The topological polar surface area (TPSA) is 113 Å². The molecule has 0 amide bonds. The molecule has 0 bridgehead atoms. The molecular formula is C23H22O8. The Kier molecular flexibility index (Phi) is 8.19. The van der Waals surface area contributed by atoms with E-state index in [2.05, 4.69) is 4.74 Å². The maximum atomic E-state index is 12.9. The van der Waals surface area contributed by atoms with Crippen LogP contribution in [-0.2, 0) is 19.1 Å². The molecule has 1 unspecified atom stereocenters. The molecule has 8 heteroatoms. The molecule has 8 nitrogen and oxygen atoms in total. The summed E-state index contributed by atoms with van der Waals surface area (Å²) >= 11 is 0. The smallest absolute Gasteiger partial charge is 0.337 e. The Hall–Kier alpha value is -3.81. The van der Waals surface area contributed by atoms with Gasteiger partial charge < -0.3 is 14.2 Å². The van der Waals surface area contributed by atoms with Crippen molar-refractivity contribution in [3.63, 3.8) is 0 Å². The highest BCUT2D eigenvalue weighted by Crippen LogP contribution is 2.21. The molecule has 162 valence electrons. The number of hydrogen-bond acceptors (Lipinski definition) is 8. The lowest BCUT2D eigenvalue weighted by molar-refractivity contribution is -0.146. The van der Waals surface area contributed by atoms with Crippen LogP contribution in [0.25, 0.3) is 0 Å². The van der Waals surface area contributed by atoms with E-state index in [1.54, 1.807) is 6.92 Å². The first-order valence-corrected chi connectivity index (χ1v) is 9.47. The number of esters is 3. The number of Topliss-reactive ketones (excluding diaryl/α,β-unsaturated/α-hetero) is 2. The van der Waals surface area contributed by atoms with Gasteiger partial charge in [0.1, 0.15) is 11.7 Å². The van der Waals surface area contributed by atoms with Gasteiger partial charge in [-0.1, -0.05) is 12.1 Å². The highest BCUT2D eigenvalue weighted by atomic mass is 16.5. The van der Waals surface area contributed by atoms with Gasteiger partial charge in [0.2, 0.25) is 0 Å². The van der Waals surface area contributed by atoms with E-state index < -0.39 is 41.8 Å². The Morgan fingerprint density at radius 2 is 1.39 bits per heavy atom. The summed E-state index contributed by atoms with van der Waals surface area (Å²) in [5, 5.41) is 0. The number of ether oxygens (including phenoxy) is 3. The van der Waals surface area contributed by atoms with E-state index in [1.807, 2.05) is 0 Å². The molecule has 0 saturated carbocycles. The molecule has 0 N–H and O–H groups in total. The SMILES string of the molecule is CCOC(=O)C(CC(=O)c1ccc(C(=O)OC)cc1)C(=O)c1ccc(OC(C)=O)cc1. The number of ketones is 2. The lowest BCUT2D eigenvalue weighted by atomic mass is 9.90. The van der Waals surface area contributed by atoms with Crippen molar-refractivity contribution < 1.29 is 38.2 Å². The van der Waals surface area contributed by atoms with Crippen molar-refractivity contribution in [3.05, 3.63) is 65.2 Å². The van der Waals surface area contributed by atoms with E-state index in [-0.39, 0.29) is 29.0 Å². The van der Waals surface area contributed by atoms with E-state index in [0.717, 1.165) is 0 Å². The second-order valence-electron chi connectivity index (χ2n) is 6.48. The number of hydrogen-bond donors (Lipinski definition) is 0. The molecule has 0 spiro atoms. The van der Waals surface area contributed by atoms with E-state index in [9.17, 15) is 24.0 Å². The van der Waals surface area contributed by atoms with Crippen LogP contribution < -0.4 is 4.74 Å². The van der Waals surface area contributed by atoms with Crippen LogP contribution in [0.15, 0.2) is 48.5 Å². The molecule has 0 saturated heterocycles. The van der Waals surface area contributed by atoms with Gasteiger partial charge in [0.15, 0.2) is 11.6 Å². The van der Waals surface area contributed by atoms with Crippen molar-refractivity contribution in [2.45, 2.75) is 20.3 Å². The highest BCUT2D eigenvalue weighted by molar-refractivity contribution is 6.12. The number of rotatable bonds is 9. The Labute approximate surface area is 179 Å². The summed E-state index contributed by atoms with van der Waals surface area (Å²) in [6, 6.07) is 11.4. The predicted molar refractivity (Wildman–Crippen MR) is 109 cm³/mol. The van der Waals surface area contributed by atoms with Crippen molar-refractivity contribution in [1.29, 1.82) is 0 Å². The molecule has 0 aliphatic carbocycles. The molecule has 2 aromatic rings. The van der Waals surface area contributed by atoms with Gasteiger partial charge >= 0.3 is 17.9 Å². The minimum Gasteiger partial charge on any atom is -0.465 e. The van der Waals surface area contributed by atoms with Crippen LogP contribution in [-0.4, -0.2) is 43.2 Å². The standard InChI is InChI=1S/C23H22O8/c1-4-30-23(28)19(21(26)16-9-11-18(12-10-16)31-14(2)24)13-20(25)15-5-7-17(8-6-15)22(27)29-3/h5-12,19H,4,13H2,1-3H3. The highest BCUT2D eigenvalue weighted by Gasteiger charge is 2.31. The predicted octanol–water partition coefficient (Wildman–Crippen LogP) is 3.03. The van der Waals surface area contributed by atoms with Gasteiger partial charge in [-0.25, -0.2) is 4.79 Å². The molecule has 2 aromatic carbocycles. The zero-order valence-electron chi connectivity index (χ0n) is 17.4. The fraction of sp³-hybridized carbons (Fsp3) is 0.261. The Balaban J connectivity index is 2.22. The van der Waals surface area contributed by atoms with Gasteiger partial charge in [0.05, 0.1) is 19.3 Å². The number of benzene rings is 2. The van der Waals surface area contributed by atoms with E-state index in [0.29, 0.717) is 0 Å². The van der Waals surface area contributed by atoms with Gasteiger partial charge in [0.25, 0.3) is 0 Å². The van der Waals surface area contributed by atoms with Gasteiger partial charge in [0, 0.05) is 24.5 Å². The van der Waals surface area contributed by atoms with Gasteiger partial charge in [-0.3, -0.25) is 19.2 Å². The van der Waals surface area contributed by atoms with Crippen molar-refractivity contribution >= 4 is 29.5 Å². The summed E-state index contributed by atoms with van der Waals surface area (Å²) in [6.45, 7) is 2.90. The summed E-state index contributed by atoms with van der Waals surface area (Å²) in [5.74, 6) is -4.00. The van der Waals surface area contributed by atoms with Gasteiger partial charge in [-0.05, 0) is 43.3 Å². The summed E-state index contributed by atoms with van der Waals surface area (Å²) in [4.78, 5) is 60.5. The van der Waals surface area contributed by atoms with Crippen LogP contribution in [0.1, 0.15) is 51.3 Å². The van der Waals surface area contributed by atoms with E-state index in [4.69, 9.17) is 9.47 Å². The third-order valence-electron chi connectivity index (χ3n) is 4.31. The molecule has 0 radical (unpaired) electrons. The molecular weight excluding hydrogens is 404 g/mol. The molecule has 0 fully saturated rings. The van der Waals surface area contributed by atoms with Crippen molar-refractivity contribution in [1.82, 2.24) is 0 Å². The van der Waals surface area contributed by atoms with Crippen LogP contribution in [0.4, 0.5) is 0 Å². The first kappa shape index (κ1) is 23.5. The zero-order valence-corrected chi connectivity index (χ0v) is 17.4. The second kappa shape index (κ2) is 10.8. The Morgan fingerprint density at radius 3 is 1.90 bits per heavy atom. The maximum Gasteiger partial charge on any atom is 0.337 e. The summed E-state index contributed by atoms with van der Waals surface area (Å²) in [5.41, 5.74) is 0.674. The monoisotopic (exact) mass is 426 g/mol. The minimum atomic E-state index is -1.34. The van der Waals surface area contributed by atoms with Crippen LogP contribution in [0.3, 0.4) is 0 Å². The molecule has 1 atom stereocenters. The van der Waals surface area contributed by atoms with Crippen molar-refractivity contribution in [2.24, 2.45) is 5.92 Å². The molecule has 0 aliphatic rings. The molecule has 0 aromatic heterocycles. The largest absolute Gasteiger partial charge is 0.465 e. The number of carbonyl (C=O) groups is 5. The second-order valence-corrected chi connectivity index (χ2v) is 6.48. The Morgan fingerprint density at radius 1 is 0.839 bits per heavy atom.